The molecule has 0 aliphatic carbocycles. The second kappa shape index (κ2) is 6.22. The lowest BCUT2D eigenvalue weighted by Crippen LogP contribution is -2.04. The molecule has 1 aromatic heterocycles. The third-order valence-corrected chi connectivity index (χ3v) is 6.28. The second-order valence-electron chi connectivity index (χ2n) is 3.76. The Hall–Kier alpha value is -0.940. The molecule has 1 aromatic carbocycles. The van der Waals surface area contributed by atoms with Crippen molar-refractivity contribution in [2.45, 2.75) is 4.90 Å². The predicted molar refractivity (Wildman–Crippen MR) is 86.9 cm³/mol. The Balaban J connectivity index is 2.59. The molecule has 2 aromatic rings. The van der Waals surface area contributed by atoms with Gasteiger partial charge in [0, 0.05) is 8.95 Å². The van der Waals surface area contributed by atoms with Crippen LogP contribution in [0.2, 0.25) is 0 Å². The third kappa shape index (κ3) is 3.20. The van der Waals surface area contributed by atoms with Crippen molar-refractivity contribution in [3.05, 3.63) is 54.4 Å². The van der Waals surface area contributed by atoms with E-state index in [4.69, 9.17) is 5.26 Å². The summed E-state index contributed by atoms with van der Waals surface area (Å²) in [5.74, 6) is 0. The fourth-order valence-corrected chi connectivity index (χ4v) is 4.75. The first-order valence-electron chi connectivity index (χ1n) is 5.29. The molecule has 0 amide bonds. The number of rotatable bonds is 3. The molecule has 7 heteroatoms. The number of allylic oxidation sites excluding steroid dienone is 1. The maximum absolute atomic E-state index is 12.5. The third-order valence-electron chi connectivity index (χ3n) is 2.42. The Morgan fingerprint density at radius 1 is 1.30 bits per heavy atom. The van der Waals surface area contributed by atoms with Crippen LogP contribution >= 0.6 is 43.2 Å². The van der Waals surface area contributed by atoms with E-state index in [1.54, 1.807) is 29.6 Å². The first-order valence-corrected chi connectivity index (χ1v) is 9.30. The average molecular weight is 433 g/mol. The molecule has 0 radical (unpaired) electrons. The highest BCUT2D eigenvalue weighted by atomic mass is 79.9. The second-order valence-corrected chi connectivity index (χ2v) is 8.19. The van der Waals surface area contributed by atoms with Gasteiger partial charge in [-0.1, -0.05) is 15.9 Å². The highest BCUT2D eigenvalue weighted by Gasteiger charge is 2.23. The molecule has 2 rings (SSSR count). The van der Waals surface area contributed by atoms with E-state index < -0.39 is 9.84 Å². The van der Waals surface area contributed by atoms with E-state index in [2.05, 4.69) is 31.9 Å². The molecular weight excluding hydrogens is 426 g/mol. The van der Waals surface area contributed by atoms with Crippen LogP contribution in [-0.2, 0) is 9.84 Å². The van der Waals surface area contributed by atoms with E-state index in [-0.39, 0.29) is 9.80 Å². The Morgan fingerprint density at radius 2 is 2.05 bits per heavy atom. The molecule has 0 spiro atoms. The topological polar surface area (TPSA) is 57.9 Å². The van der Waals surface area contributed by atoms with E-state index in [0.29, 0.717) is 14.5 Å². The Labute approximate surface area is 137 Å². The van der Waals surface area contributed by atoms with Crippen LogP contribution in [0.15, 0.2) is 53.8 Å². The standard InChI is InChI=1S/C13H7Br2NO2S2/c14-10-1-2-12(15)13(6-10)20(17,18)11(7-16)5-9-3-4-19-8-9/h1-6,8H. The van der Waals surface area contributed by atoms with Crippen molar-refractivity contribution in [2.75, 3.05) is 0 Å². The Bertz CT molecular complexity index is 803. The average Bonchev–Trinajstić information content (AvgIpc) is 2.91. The van der Waals surface area contributed by atoms with Gasteiger partial charge in [-0.25, -0.2) is 8.42 Å². The van der Waals surface area contributed by atoms with Crippen LogP contribution in [0.4, 0.5) is 0 Å². The number of thiophene rings is 1. The monoisotopic (exact) mass is 431 g/mol. The fraction of sp³-hybridized carbons (Fsp3) is 0. The van der Waals surface area contributed by atoms with E-state index in [1.165, 1.54) is 23.5 Å². The molecule has 0 N–H and O–H groups in total. The summed E-state index contributed by atoms with van der Waals surface area (Å²) in [7, 11) is -3.85. The van der Waals surface area contributed by atoms with Crippen LogP contribution in [0.5, 0.6) is 0 Å². The highest BCUT2D eigenvalue weighted by molar-refractivity contribution is 9.11. The van der Waals surface area contributed by atoms with Gasteiger partial charge in [0.1, 0.15) is 11.0 Å². The van der Waals surface area contributed by atoms with Crippen LogP contribution in [0, 0.1) is 11.3 Å². The molecule has 20 heavy (non-hydrogen) atoms. The largest absolute Gasteiger partial charge is 0.218 e. The fourth-order valence-electron chi connectivity index (χ4n) is 1.48. The molecule has 102 valence electrons. The van der Waals surface area contributed by atoms with Gasteiger partial charge in [-0.05, 0) is 62.6 Å². The number of sulfone groups is 1. The van der Waals surface area contributed by atoms with Gasteiger partial charge in [0.25, 0.3) is 0 Å². The van der Waals surface area contributed by atoms with Crippen molar-refractivity contribution in [2.24, 2.45) is 0 Å². The van der Waals surface area contributed by atoms with Crippen LogP contribution in [0.3, 0.4) is 0 Å². The minimum atomic E-state index is -3.85. The molecule has 0 saturated heterocycles. The minimum absolute atomic E-state index is 0.0647. The van der Waals surface area contributed by atoms with Crippen LogP contribution in [-0.4, -0.2) is 8.42 Å². The zero-order chi connectivity index (χ0) is 14.8. The lowest BCUT2D eigenvalue weighted by atomic mass is 10.3. The van der Waals surface area contributed by atoms with Gasteiger partial charge in [0.05, 0.1) is 4.90 Å². The quantitative estimate of drug-likeness (QED) is 0.665. The highest BCUT2D eigenvalue weighted by Crippen LogP contribution is 2.30. The molecule has 0 aliphatic rings. The number of nitrogens with zero attached hydrogens (tertiary/aromatic N) is 1. The predicted octanol–water partition coefficient (Wildman–Crippen LogP) is 4.61. The molecule has 0 aliphatic heterocycles. The number of hydrogen-bond donors (Lipinski definition) is 0. The SMILES string of the molecule is N#CC(=Cc1ccsc1)S(=O)(=O)c1cc(Br)ccc1Br. The van der Waals surface area contributed by atoms with Crippen LogP contribution in [0.25, 0.3) is 6.08 Å². The zero-order valence-corrected chi connectivity index (χ0v) is 14.7. The Kier molecular flexibility index (Phi) is 4.81. The lowest BCUT2D eigenvalue weighted by Gasteiger charge is -2.06. The minimum Gasteiger partial charge on any atom is -0.218 e. The van der Waals surface area contributed by atoms with Crippen molar-refractivity contribution >= 4 is 59.1 Å². The normalized spacial score (nSPS) is 12.2. The van der Waals surface area contributed by atoms with Gasteiger partial charge in [-0.15, -0.1) is 0 Å². The van der Waals surface area contributed by atoms with Crippen molar-refractivity contribution < 1.29 is 8.42 Å². The molecule has 3 nitrogen and oxygen atoms in total. The smallest absolute Gasteiger partial charge is 0.217 e. The summed E-state index contributed by atoms with van der Waals surface area (Å²) in [4.78, 5) is -0.218. The van der Waals surface area contributed by atoms with E-state index in [0.717, 1.165) is 0 Å². The van der Waals surface area contributed by atoms with E-state index >= 15 is 0 Å². The zero-order valence-electron chi connectivity index (χ0n) is 9.88. The van der Waals surface area contributed by atoms with Crippen LogP contribution < -0.4 is 0 Å². The molecule has 0 bridgehead atoms. The summed E-state index contributed by atoms with van der Waals surface area (Å²) in [5.41, 5.74) is 0.696. The molecule has 0 unspecified atom stereocenters. The molecular formula is C13H7Br2NO2S2. The summed E-state index contributed by atoms with van der Waals surface area (Å²) in [6.45, 7) is 0. The van der Waals surface area contributed by atoms with Gasteiger partial charge >= 0.3 is 0 Å². The van der Waals surface area contributed by atoms with Gasteiger partial charge in [0.15, 0.2) is 0 Å². The maximum atomic E-state index is 12.5. The van der Waals surface area contributed by atoms with Gasteiger partial charge in [-0.2, -0.15) is 16.6 Å². The van der Waals surface area contributed by atoms with E-state index in [9.17, 15) is 8.42 Å². The van der Waals surface area contributed by atoms with Gasteiger partial charge in [-0.3, -0.25) is 0 Å². The Morgan fingerprint density at radius 3 is 2.65 bits per heavy atom. The van der Waals surface area contributed by atoms with Gasteiger partial charge < -0.3 is 0 Å². The molecule has 1 heterocycles. The van der Waals surface area contributed by atoms with Crippen molar-refractivity contribution in [3.8, 4) is 6.07 Å². The molecule has 0 atom stereocenters. The maximum Gasteiger partial charge on any atom is 0.217 e. The number of nitriles is 1. The summed E-state index contributed by atoms with van der Waals surface area (Å²) in [6.07, 6.45) is 1.37. The summed E-state index contributed by atoms with van der Waals surface area (Å²) in [6, 6.07) is 8.34. The summed E-state index contributed by atoms with van der Waals surface area (Å²) in [5, 5.41) is 12.8. The first-order chi connectivity index (χ1) is 9.45. The number of benzene rings is 1. The summed E-state index contributed by atoms with van der Waals surface area (Å²) < 4.78 is 26.1. The summed E-state index contributed by atoms with van der Waals surface area (Å²) >= 11 is 7.88. The first kappa shape index (κ1) is 15.4. The van der Waals surface area contributed by atoms with E-state index in [1.807, 2.05) is 5.38 Å². The van der Waals surface area contributed by atoms with Crippen molar-refractivity contribution in [1.82, 2.24) is 0 Å². The van der Waals surface area contributed by atoms with Gasteiger partial charge in [0.2, 0.25) is 9.84 Å². The molecule has 0 fully saturated rings. The molecule has 0 saturated carbocycles. The number of halogens is 2. The number of hydrogen-bond acceptors (Lipinski definition) is 4. The van der Waals surface area contributed by atoms with Crippen molar-refractivity contribution in [1.29, 1.82) is 5.26 Å². The van der Waals surface area contributed by atoms with Crippen LogP contribution in [0.1, 0.15) is 5.56 Å². The van der Waals surface area contributed by atoms with Crippen molar-refractivity contribution in [3.63, 3.8) is 0 Å². The lowest BCUT2D eigenvalue weighted by molar-refractivity contribution is 0.603.